The zero-order chi connectivity index (χ0) is 23.1. The molecule has 3 N–H and O–H groups in total. The number of nitrogens with zero attached hydrogens (tertiary/aromatic N) is 1. The van der Waals surface area contributed by atoms with E-state index in [1.165, 1.54) is 6.42 Å². The van der Waals surface area contributed by atoms with Crippen LogP contribution in [0, 0.1) is 5.92 Å². The summed E-state index contributed by atoms with van der Waals surface area (Å²) in [6, 6.07) is 15.5. The summed E-state index contributed by atoms with van der Waals surface area (Å²) < 4.78 is 0. The van der Waals surface area contributed by atoms with Crippen molar-refractivity contribution in [1.82, 2.24) is 10.2 Å². The van der Waals surface area contributed by atoms with Gasteiger partial charge in [-0.1, -0.05) is 87.7 Å². The van der Waals surface area contributed by atoms with E-state index in [4.69, 9.17) is 0 Å². The van der Waals surface area contributed by atoms with Crippen LogP contribution in [0.4, 0.5) is 0 Å². The van der Waals surface area contributed by atoms with Gasteiger partial charge in [-0.15, -0.1) is 0 Å². The molecule has 0 bridgehead atoms. The van der Waals surface area contributed by atoms with Crippen LogP contribution in [0.2, 0.25) is 0 Å². The van der Waals surface area contributed by atoms with Crippen molar-refractivity contribution in [3.05, 3.63) is 65.7 Å². The Morgan fingerprint density at radius 2 is 1.62 bits per heavy atom. The van der Waals surface area contributed by atoms with Gasteiger partial charge in [-0.25, -0.2) is 0 Å². The minimum Gasteiger partial charge on any atom is -0.423 e. The average Bonchev–Trinajstić information content (AvgIpc) is 2.79. The molecule has 0 saturated heterocycles. The lowest BCUT2D eigenvalue weighted by Crippen LogP contribution is -2.47. The predicted octanol–water partition coefficient (Wildman–Crippen LogP) is 2.54. The zero-order valence-corrected chi connectivity index (χ0v) is 18.9. The van der Waals surface area contributed by atoms with Crippen LogP contribution in [-0.2, 0) is 16.1 Å². The fourth-order valence-corrected chi connectivity index (χ4v) is 4.26. The summed E-state index contributed by atoms with van der Waals surface area (Å²) in [4.78, 5) is 28.5. The fraction of sp³-hybridized carbons (Fsp3) is 0.440. The van der Waals surface area contributed by atoms with E-state index in [1.807, 2.05) is 44.2 Å². The van der Waals surface area contributed by atoms with E-state index in [2.05, 4.69) is 5.32 Å². The highest BCUT2D eigenvalue weighted by Gasteiger charge is 2.34. The summed E-state index contributed by atoms with van der Waals surface area (Å²) >= 11 is 0. The number of carbonyl (C=O) groups excluding carboxylic acids is 2. The molecule has 32 heavy (non-hydrogen) atoms. The number of carbonyl (C=O) groups is 2. The van der Waals surface area contributed by atoms with Crippen LogP contribution in [0.5, 0.6) is 0 Å². The van der Waals surface area contributed by atoms with Gasteiger partial charge in [0.2, 0.25) is 11.8 Å². The molecule has 0 aromatic heterocycles. The van der Waals surface area contributed by atoms with E-state index < -0.39 is 13.2 Å². The van der Waals surface area contributed by atoms with Crippen LogP contribution in [0.1, 0.15) is 63.1 Å². The Morgan fingerprint density at radius 1 is 1.00 bits per heavy atom. The second kappa shape index (κ2) is 11.3. The van der Waals surface area contributed by atoms with Crippen LogP contribution in [-0.4, -0.2) is 39.9 Å². The van der Waals surface area contributed by atoms with Crippen molar-refractivity contribution in [2.24, 2.45) is 5.92 Å². The molecular weight excluding hydrogens is 403 g/mol. The average molecular weight is 436 g/mol. The van der Waals surface area contributed by atoms with Crippen LogP contribution in [0.25, 0.3) is 0 Å². The Hall–Kier alpha value is -2.64. The maximum absolute atomic E-state index is 13.6. The van der Waals surface area contributed by atoms with Crippen LogP contribution >= 0.6 is 0 Å². The van der Waals surface area contributed by atoms with Gasteiger partial charge in [-0.2, -0.15) is 0 Å². The van der Waals surface area contributed by atoms with Crippen LogP contribution in [0.15, 0.2) is 54.6 Å². The molecule has 0 aliphatic heterocycles. The Labute approximate surface area is 190 Å². The molecule has 1 saturated carbocycles. The first-order valence-corrected chi connectivity index (χ1v) is 11.5. The van der Waals surface area contributed by atoms with Crippen molar-refractivity contribution in [2.75, 3.05) is 0 Å². The molecule has 1 aliphatic rings. The van der Waals surface area contributed by atoms with Gasteiger partial charge in [0, 0.05) is 18.5 Å². The summed E-state index contributed by atoms with van der Waals surface area (Å²) in [6.45, 7) is 3.98. The standard InChI is InChI=1S/C25H33BN2O4/c1-18(2)25(30)28(17-19-9-5-3-6-10-19)23(20-13-15-21(16-14-20)26(31)32)24(29)27-22-11-7-4-8-12-22/h3,5-6,9-10,13-16,18,22-23,31-32H,4,7-8,11-12,17H2,1-2H3,(H,27,29). The lowest BCUT2D eigenvalue weighted by Gasteiger charge is -2.34. The van der Waals surface area contributed by atoms with E-state index in [9.17, 15) is 19.6 Å². The largest absolute Gasteiger partial charge is 0.488 e. The summed E-state index contributed by atoms with van der Waals surface area (Å²) in [5, 5.41) is 22.1. The third-order valence-electron chi connectivity index (χ3n) is 6.03. The summed E-state index contributed by atoms with van der Waals surface area (Å²) in [5.74, 6) is -0.578. The number of rotatable bonds is 8. The molecule has 0 spiro atoms. The lowest BCUT2D eigenvalue weighted by atomic mass is 9.79. The molecule has 170 valence electrons. The minimum atomic E-state index is -1.59. The van der Waals surface area contributed by atoms with E-state index in [-0.39, 0.29) is 23.8 Å². The normalized spacial score (nSPS) is 15.3. The Balaban J connectivity index is 1.97. The Bertz CT molecular complexity index is 881. The molecule has 7 heteroatoms. The smallest absolute Gasteiger partial charge is 0.423 e. The number of amides is 2. The van der Waals surface area contributed by atoms with E-state index in [0.29, 0.717) is 17.6 Å². The van der Waals surface area contributed by atoms with Gasteiger partial charge in [0.05, 0.1) is 0 Å². The quantitative estimate of drug-likeness (QED) is 0.555. The molecule has 2 aromatic carbocycles. The zero-order valence-electron chi connectivity index (χ0n) is 18.9. The predicted molar refractivity (Wildman–Crippen MR) is 126 cm³/mol. The van der Waals surface area contributed by atoms with Crippen molar-refractivity contribution < 1.29 is 19.6 Å². The summed E-state index contributed by atoms with van der Waals surface area (Å²) in [5.41, 5.74) is 1.93. The van der Waals surface area contributed by atoms with Crippen molar-refractivity contribution in [2.45, 2.75) is 64.6 Å². The Morgan fingerprint density at radius 3 is 2.19 bits per heavy atom. The van der Waals surface area contributed by atoms with Gasteiger partial charge in [-0.05, 0) is 29.4 Å². The molecule has 1 atom stereocenters. The minimum absolute atomic E-state index is 0.107. The maximum Gasteiger partial charge on any atom is 0.488 e. The van der Waals surface area contributed by atoms with Crippen molar-refractivity contribution in [1.29, 1.82) is 0 Å². The van der Waals surface area contributed by atoms with Crippen molar-refractivity contribution in [3.8, 4) is 0 Å². The van der Waals surface area contributed by atoms with E-state index in [0.717, 1.165) is 31.2 Å². The van der Waals surface area contributed by atoms with Gasteiger partial charge in [0.15, 0.2) is 0 Å². The Kier molecular flexibility index (Phi) is 8.48. The van der Waals surface area contributed by atoms with E-state index >= 15 is 0 Å². The molecule has 1 fully saturated rings. The number of hydrogen-bond donors (Lipinski definition) is 3. The first-order chi connectivity index (χ1) is 15.4. The second-order valence-electron chi connectivity index (χ2n) is 8.89. The van der Waals surface area contributed by atoms with Crippen molar-refractivity contribution >= 4 is 24.4 Å². The molecule has 2 amide bonds. The first kappa shape index (κ1) is 24.0. The molecule has 1 unspecified atom stereocenters. The highest BCUT2D eigenvalue weighted by Crippen LogP contribution is 2.27. The molecule has 0 heterocycles. The van der Waals surface area contributed by atoms with E-state index in [1.54, 1.807) is 29.2 Å². The monoisotopic (exact) mass is 436 g/mol. The molecular formula is C25H33BN2O4. The van der Waals surface area contributed by atoms with Crippen molar-refractivity contribution in [3.63, 3.8) is 0 Å². The second-order valence-corrected chi connectivity index (χ2v) is 8.89. The number of nitrogens with one attached hydrogen (secondary N) is 1. The van der Waals surface area contributed by atoms with Gasteiger partial charge < -0.3 is 20.3 Å². The van der Waals surface area contributed by atoms with Gasteiger partial charge in [0.1, 0.15) is 6.04 Å². The molecule has 3 rings (SSSR count). The molecule has 0 radical (unpaired) electrons. The SMILES string of the molecule is CC(C)C(=O)N(Cc1ccccc1)C(C(=O)NC1CCCCC1)c1ccc(B(O)O)cc1. The fourth-order valence-electron chi connectivity index (χ4n) is 4.26. The van der Waals surface area contributed by atoms with Crippen LogP contribution in [0.3, 0.4) is 0 Å². The molecule has 2 aromatic rings. The lowest BCUT2D eigenvalue weighted by molar-refractivity contribution is -0.144. The van der Waals surface area contributed by atoms with Gasteiger partial charge in [0.25, 0.3) is 0 Å². The number of benzene rings is 2. The van der Waals surface area contributed by atoms with Gasteiger partial charge in [-0.3, -0.25) is 9.59 Å². The topological polar surface area (TPSA) is 89.9 Å². The molecule has 1 aliphatic carbocycles. The number of hydrogen-bond acceptors (Lipinski definition) is 4. The molecule has 6 nitrogen and oxygen atoms in total. The summed E-state index contributed by atoms with van der Waals surface area (Å²) in [7, 11) is -1.59. The van der Waals surface area contributed by atoms with Crippen LogP contribution < -0.4 is 10.8 Å². The third kappa shape index (κ3) is 6.21. The summed E-state index contributed by atoms with van der Waals surface area (Å²) in [6.07, 6.45) is 5.28. The highest BCUT2D eigenvalue weighted by molar-refractivity contribution is 6.58. The first-order valence-electron chi connectivity index (χ1n) is 11.5. The third-order valence-corrected chi connectivity index (χ3v) is 6.03. The maximum atomic E-state index is 13.6. The van der Waals surface area contributed by atoms with Gasteiger partial charge >= 0.3 is 7.12 Å². The highest BCUT2D eigenvalue weighted by atomic mass is 16.4.